The predicted octanol–water partition coefficient (Wildman–Crippen LogP) is 0.303. The molecule has 2 rings (SSSR count). The largest absolute Gasteiger partial charge is 0.481 e. The number of aromatic amines is 1. The van der Waals surface area contributed by atoms with E-state index in [1.54, 1.807) is 6.07 Å². The Morgan fingerprint density at radius 3 is 2.83 bits per heavy atom. The van der Waals surface area contributed by atoms with E-state index >= 15 is 0 Å². The van der Waals surface area contributed by atoms with Crippen molar-refractivity contribution in [1.29, 1.82) is 0 Å². The Morgan fingerprint density at radius 1 is 1.44 bits per heavy atom. The van der Waals surface area contributed by atoms with Crippen LogP contribution in [0.2, 0.25) is 0 Å². The second kappa shape index (κ2) is 4.84. The van der Waals surface area contributed by atoms with Crippen LogP contribution in [0, 0.1) is 0 Å². The van der Waals surface area contributed by atoms with Crippen LogP contribution >= 0.6 is 0 Å². The van der Waals surface area contributed by atoms with Crippen LogP contribution in [0.3, 0.4) is 0 Å². The molecule has 2 aromatic rings. The number of fused-ring (bicyclic) bond motifs is 1. The number of anilines is 1. The zero-order valence-electron chi connectivity index (χ0n) is 9.38. The number of nitrogens with zero attached hydrogens (tertiary/aromatic N) is 1. The molecule has 1 amide bonds. The van der Waals surface area contributed by atoms with E-state index < -0.39 is 24.3 Å². The molecule has 1 aromatic carbocycles. The first-order valence-corrected chi connectivity index (χ1v) is 5.29. The summed E-state index contributed by atoms with van der Waals surface area (Å²) in [6, 6.07) is 6.16. The number of H-pyrrole nitrogens is 1. The number of carboxylic acids is 1. The van der Waals surface area contributed by atoms with E-state index in [0.717, 1.165) is 5.52 Å². The number of amides is 1. The van der Waals surface area contributed by atoms with Gasteiger partial charge in [-0.05, 0) is 12.1 Å². The molecule has 0 aliphatic rings. The number of carbonyl (C=O) groups is 2. The molecule has 94 valence electrons. The van der Waals surface area contributed by atoms with Gasteiger partial charge in [0.2, 0.25) is 11.9 Å². The quantitative estimate of drug-likeness (QED) is 0.620. The summed E-state index contributed by atoms with van der Waals surface area (Å²) in [6.45, 7) is 0. The number of nitrogens with one attached hydrogen (secondary N) is 2. The lowest BCUT2D eigenvalue weighted by atomic mass is 10.2. The van der Waals surface area contributed by atoms with E-state index in [-0.39, 0.29) is 5.95 Å². The van der Waals surface area contributed by atoms with E-state index in [1.807, 2.05) is 18.2 Å². The Bertz CT molecular complexity index is 560. The SMILES string of the molecule is NC(CC(=O)O)C(=O)Nc1nc2ccccc2[nH]1. The molecular formula is C11H12N4O3. The fraction of sp³-hybridized carbons (Fsp3) is 0.182. The second-order valence-electron chi connectivity index (χ2n) is 3.80. The first-order valence-electron chi connectivity index (χ1n) is 5.29. The number of hydrogen-bond donors (Lipinski definition) is 4. The molecule has 0 fully saturated rings. The number of hydrogen-bond acceptors (Lipinski definition) is 4. The number of para-hydroxylation sites is 2. The number of carbonyl (C=O) groups excluding carboxylic acids is 1. The maximum atomic E-state index is 11.6. The summed E-state index contributed by atoms with van der Waals surface area (Å²) in [6.07, 6.45) is -0.425. The molecule has 0 spiro atoms. The molecule has 7 heteroatoms. The first kappa shape index (κ1) is 12.1. The van der Waals surface area contributed by atoms with Crippen molar-refractivity contribution in [2.24, 2.45) is 5.73 Å². The van der Waals surface area contributed by atoms with Crippen LogP contribution in [0.1, 0.15) is 6.42 Å². The predicted molar refractivity (Wildman–Crippen MR) is 65.0 cm³/mol. The Labute approximate surface area is 102 Å². The zero-order chi connectivity index (χ0) is 13.1. The normalized spacial score (nSPS) is 12.3. The Kier molecular flexibility index (Phi) is 3.24. The molecule has 0 aliphatic heterocycles. The summed E-state index contributed by atoms with van der Waals surface area (Å²) in [5.74, 6) is -1.46. The lowest BCUT2D eigenvalue weighted by Crippen LogP contribution is -2.37. The van der Waals surface area contributed by atoms with Crippen LogP contribution in [0.5, 0.6) is 0 Å². The zero-order valence-corrected chi connectivity index (χ0v) is 9.38. The van der Waals surface area contributed by atoms with Crippen LogP contribution < -0.4 is 11.1 Å². The topological polar surface area (TPSA) is 121 Å². The summed E-state index contributed by atoms with van der Waals surface area (Å²) >= 11 is 0. The smallest absolute Gasteiger partial charge is 0.305 e. The highest BCUT2D eigenvalue weighted by Gasteiger charge is 2.18. The van der Waals surface area contributed by atoms with E-state index in [0.29, 0.717) is 5.52 Å². The molecule has 18 heavy (non-hydrogen) atoms. The molecule has 0 aliphatic carbocycles. The second-order valence-corrected chi connectivity index (χ2v) is 3.80. The molecule has 7 nitrogen and oxygen atoms in total. The van der Waals surface area contributed by atoms with Gasteiger partial charge < -0.3 is 15.8 Å². The van der Waals surface area contributed by atoms with Gasteiger partial charge >= 0.3 is 5.97 Å². The number of nitrogens with two attached hydrogens (primary N) is 1. The molecule has 1 aromatic heterocycles. The lowest BCUT2D eigenvalue weighted by Gasteiger charge is -2.07. The molecule has 1 unspecified atom stereocenters. The number of carboxylic acid groups (broad SMARTS) is 1. The molecule has 0 bridgehead atoms. The van der Waals surface area contributed by atoms with E-state index in [9.17, 15) is 9.59 Å². The number of rotatable bonds is 4. The van der Waals surface area contributed by atoms with Crippen LogP contribution in [-0.4, -0.2) is 33.0 Å². The molecule has 0 radical (unpaired) electrons. The van der Waals surface area contributed by atoms with E-state index in [2.05, 4.69) is 15.3 Å². The highest BCUT2D eigenvalue weighted by Crippen LogP contribution is 2.13. The third kappa shape index (κ3) is 2.64. The maximum Gasteiger partial charge on any atom is 0.305 e. The van der Waals surface area contributed by atoms with Crippen LogP contribution in [0.15, 0.2) is 24.3 Å². The Balaban J connectivity index is 2.09. The Morgan fingerprint density at radius 2 is 2.17 bits per heavy atom. The van der Waals surface area contributed by atoms with Gasteiger partial charge in [-0.1, -0.05) is 12.1 Å². The van der Waals surface area contributed by atoms with E-state index in [4.69, 9.17) is 10.8 Å². The van der Waals surface area contributed by atoms with E-state index in [1.165, 1.54) is 0 Å². The summed E-state index contributed by atoms with van der Waals surface area (Å²) in [4.78, 5) is 29.0. The summed E-state index contributed by atoms with van der Waals surface area (Å²) < 4.78 is 0. The maximum absolute atomic E-state index is 11.6. The van der Waals surface area contributed by atoms with Gasteiger partial charge in [0, 0.05) is 0 Å². The average molecular weight is 248 g/mol. The molecule has 1 atom stereocenters. The summed E-state index contributed by atoms with van der Waals surface area (Å²) in [7, 11) is 0. The third-order valence-corrected chi connectivity index (χ3v) is 2.36. The minimum Gasteiger partial charge on any atom is -0.481 e. The van der Waals surface area contributed by atoms with Crippen molar-refractivity contribution < 1.29 is 14.7 Å². The minimum absolute atomic E-state index is 0.252. The molecule has 0 saturated carbocycles. The van der Waals surface area contributed by atoms with Gasteiger partial charge in [-0.25, -0.2) is 4.98 Å². The number of benzene rings is 1. The highest BCUT2D eigenvalue weighted by atomic mass is 16.4. The molecular weight excluding hydrogens is 236 g/mol. The van der Waals surface area contributed by atoms with Crippen molar-refractivity contribution in [3.63, 3.8) is 0 Å². The minimum atomic E-state index is -1.12. The Hall–Kier alpha value is -2.41. The van der Waals surface area contributed by atoms with Crippen LogP contribution in [0.25, 0.3) is 11.0 Å². The first-order chi connectivity index (χ1) is 8.56. The molecule has 0 saturated heterocycles. The van der Waals surface area contributed by atoms with Crippen LogP contribution in [0.4, 0.5) is 5.95 Å². The molecule has 1 heterocycles. The van der Waals surface area contributed by atoms with Gasteiger partial charge in [-0.15, -0.1) is 0 Å². The summed E-state index contributed by atoms with van der Waals surface area (Å²) in [5.41, 5.74) is 6.91. The van der Waals surface area contributed by atoms with Gasteiger partial charge in [-0.3, -0.25) is 14.9 Å². The fourth-order valence-electron chi connectivity index (χ4n) is 1.50. The van der Waals surface area contributed by atoms with Gasteiger partial charge in [0.1, 0.15) is 0 Å². The average Bonchev–Trinajstić information content (AvgIpc) is 2.69. The number of aromatic nitrogens is 2. The van der Waals surface area contributed by atoms with Gasteiger partial charge in [0.05, 0.1) is 23.5 Å². The van der Waals surface area contributed by atoms with Gasteiger partial charge in [-0.2, -0.15) is 0 Å². The van der Waals surface area contributed by atoms with Crippen molar-refractivity contribution in [2.75, 3.05) is 5.32 Å². The number of aliphatic carboxylic acids is 1. The monoisotopic (exact) mass is 248 g/mol. The van der Waals surface area contributed by atoms with Gasteiger partial charge in [0.25, 0.3) is 0 Å². The lowest BCUT2D eigenvalue weighted by molar-refractivity contribution is -0.138. The van der Waals surface area contributed by atoms with Crippen molar-refractivity contribution in [2.45, 2.75) is 12.5 Å². The molecule has 5 N–H and O–H groups in total. The van der Waals surface area contributed by atoms with Gasteiger partial charge in [0.15, 0.2) is 0 Å². The van der Waals surface area contributed by atoms with Crippen molar-refractivity contribution >= 4 is 28.9 Å². The number of imidazole rings is 1. The standard InChI is InChI=1S/C11H12N4O3/c12-6(5-9(16)17)10(18)15-11-13-7-3-1-2-4-8(7)14-11/h1-4,6H,5,12H2,(H,16,17)(H2,13,14,15,18). The fourth-order valence-corrected chi connectivity index (χ4v) is 1.50. The summed E-state index contributed by atoms with van der Waals surface area (Å²) in [5, 5.41) is 11.0. The van der Waals surface area contributed by atoms with Crippen molar-refractivity contribution in [1.82, 2.24) is 9.97 Å². The van der Waals surface area contributed by atoms with Crippen molar-refractivity contribution in [3.8, 4) is 0 Å². The third-order valence-electron chi connectivity index (χ3n) is 2.36. The van der Waals surface area contributed by atoms with Crippen molar-refractivity contribution in [3.05, 3.63) is 24.3 Å². The van der Waals surface area contributed by atoms with Crippen LogP contribution in [-0.2, 0) is 9.59 Å². The highest BCUT2D eigenvalue weighted by molar-refractivity contribution is 5.96.